The first-order valence-corrected chi connectivity index (χ1v) is 7.96. The molecule has 0 heterocycles. The summed E-state index contributed by atoms with van der Waals surface area (Å²) in [4.78, 5) is 0. The van der Waals surface area contributed by atoms with Crippen molar-refractivity contribution in [1.82, 2.24) is 5.32 Å². The van der Waals surface area contributed by atoms with E-state index in [0.717, 1.165) is 19.5 Å². The second-order valence-corrected chi connectivity index (χ2v) is 8.38. The van der Waals surface area contributed by atoms with E-state index in [0.29, 0.717) is 23.4 Å². The molecular weight excluding hydrogens is 234 g/mol. The zero-order valence-electron chi connectivity index (χ0n) is 14.2. The summed E-state index contributed by atoms with van der Waals surface area (Å²) in [5.74, 6) is 0.502. The highest BCUT2D eigenvalue weighted by molar-refractivity contribution is 4.67. The average Bonchev–Trinajstić information content (AvgIpc) is 2.24. The minimum absolute atomic E-state index is 0.353. The molecule has 0 fully saturated rings. The Balaban J connectivity index is 3.57. The summed E-state index contributed by atoms with van der Waals surface area (Å²) in [6.45, 7) is 16.1. The van der Waals surface area contributed by atoms with Gasteiger partial charge in [0.1, 0.15) is 0 Å². The van der Waals surface area contributed by atoms with E-state index in [1.807, 2.05) is 0 Å². The second-order valence-electron chi connectivity index (χ2n) is 8.38. The van der Waals surface area contributed by atoms with E-state index < -0.39 is 0 Å². The first-order valence-electron chi connectivity index (χ1n) is 7.96. The highest BCUT2D eigenvalue weighted by Crippen LogP contribution is 2.25. The van der Waals surface area contributed by atoms with Crippen molar-refractivity contribution in [2.75, 3.05) is 19.7 Å². The lowest BCUT2D eigenvalue weighted by atomic mass is 9.85. The minimum atomic E-state index is 0.353. The molecule has 0 unspecified atom stereocenters. The molecule has 0 spiro atoms. The van der Waals surface area contributed by atoms with Gasteiger partial charge in [-0.1, -0.05) is 48.0 Å². The fourth-order valence-electron chi connectivity index (χ4n) is 2.11. The molecule has 0 radical (unpaired) electrons. The molecule has 0 aliphatic rings. The van der Waals surface area contributed by atoms with Gasteiger partial charge in [-0.25, -0.2) is 0 Å². The van der Waals surface area contributed by atoms with E-state index in [4.69, 9.17) is 0 Å². The third-order valence-electron chi connectivity index (χ3n) is 3.43. The van der Waals surface area contributed by atoms with Gasteiger partial charge in [-0.3, -0.25) is 0 Å². The highest BCUT2D eigenvalue weighted by Gasteiger charge is 2.14. The van der Waals surface area contributed by atoms with Gasteiger partial charge in [-0.2, -0.15) is 0 Å². The summed E-state index contributed by atoms with van der Waals surface area (Å²) in [5.41, 5.74) is 0.766. The Hall–Kier alpha value is -0.0800. The summed E-state index contributed by atoms with van der Waals surface area (Å²) in [6, 6.07) is 0. The molecule has 0 saturated carbocycles. The monoisotopic (exact) mass is 271 g/mol. The Morgan fingerprint density at radius 3 is 2.00 bits per heavy atom. The van der Waals surface area contributed by atoms with E-state index >= 15 is 0 Å². The molecule has 0 aromatic rings. The Morgan fingerprint density at radius 2 is 1.53 bits per heavy atom. The smallest absolute Gasteiger partial charge is 0.0459 e. The van der Waals surface area contributed by atoms with Crippen LogP contribution in [0.25, 0.3) is 0 Å². The molecule has 19 heavy (non-hydrogen) atoms. The molecule has 1 atom stereocenters. The molecule has 2 nitrogen and oxygen atoms in total. The molecular formula is C17H37NO. The fraction of sp³-hybridized carbons (Fsp3) is 1.00. The van der Waals surface area contributed by atoms with Crippen LogP contribution in [0.3, 0.4) is 0 Å². The number of rotatable bonds is 9. The normalized spacial score (nSPS) is 14.7. The molecule has 0 aliphatic carbocycles. The van der Waals surface area contributed by atoms with Gasteiger partial charge in [-0.05, 0) is 55.5 Å². The van der Waals surface area contributed by atoms with Crippen LogP contribution in [0.2, 0.25) is 0 Å². The summed E-state index contributed by atoms with van der Waals surface area (Å²) >= 11 is 0. The number of hydrogen-bond donors (Lipinski definition) is 2. The van der Waals surface area contributed by atoms with Crippen LogP contribution in [0.1, 0.15) is 73.6 Å². The first-order chi connectivity index (χ1) is 8.64. The van der Waals surface area contributed by atoms with Crippen LogP contribution < -0.4 is 5.32 Å². The minimum Gasteiger partial charge on any atom is -0.396 e. The lowest BCUT2D eigenvalue weighted by Crippen LogP contribution is -2.27. The molecule has 0 rings (SSSR count). The van der Waals surface area contributed by atoms with Crippen molar-refractivity contribution < 1.29 is 5.11 Å². The predicted octanol–water partition coefficient (Wildman–Crippen LogP) is 4.23. The van der Waals surface area contributed by atoms with Gasteiger partial charge >= 0.3 is 0 Å². The molecule has 2 heteroatoms. The SMILES string of the molecule is CC(C)(C)CC[C@@H](CO)CCCCNCC(C)(C)C. The summed E-state index contributed by atoms with van der Waals surface area (Å²) in [6.07, 6.45) is 5.99. The molecule has 0 saturated heterocycles. The average molecular weight is 271 g/mol. The van der Waals surface area contributed by atoms with Crippen molar-refractivity contribution in [3.63, 3.8) is 0 Å². The maximum atomic E-state index is 9.42. The second kappa shape index (κ2) is 8.97. The number of hydrogen-bond acceptors (Lipinski definition) is 2. The van der Waals surface area contributed by atoms with Gasteiger partial charge in [0.25, 0.3) is 0 Å². The van der Waals surface area contributed by atoms with Gasteiger partial charge < -0.3 is 10.4 Å². The first kappa shape index (κ1) is 18.9. The van der Waals surface area contributed by atoms with Crippen LogP contribution in [-0.2, 0) is 0 Å². The van der Waals surface area contributed by atoms with Crippen molar-refractivity contribution in [3.05, 3.63) is 0 Å². The summed E-state index contributed by atoms with van der Waals surface area (Å²) in [5, 5.41) is 12.9. The van der Waals surface area contributed by atoms with Crippen LogP contribution in [0, 0.1) is 16.7 Å². The Kier molecular flexibility index (Phi) is 8.93. The highest BCUT2D eigenvalue weighted by atomic mass is 16.3. The van der Waals surface area contributed by atoms with Gasteiger partial charge in [0.05, 0.1) is 0 Å². The van der Waals surface area contributed by atoms with Crippen LogP contribution in [0.15, 0.2) is 0 Å². The predicted molar refractivity (Wildman–Crippen MR) is 85.4 cm³/mol. The lowest BCUT2D eigenvalue weighted by molar-refractivity contribution is 0.190. The largest absolute Gasteiger partial charge is 0.396 e. The molecule has 0 aromatic carbocycles. The quantitative estimate of drug-likeness (QED) is 0.615. The van der Waals surface area contributed by atoms with Gasteiger partial charge in [-0.15, -0.1) is 0 Å². The van der Waals surface area contributed by atoms with Crippen LogP contribution in [-0.4, -0.2) is 24.8 Å². The standard InChI is InChI=1S/C17H37NO/c1-16(2,3)11-10-15(13-19)9-7-8-12-18-14-17(4,5)6/h15,18-19H,7-14H2,1-6H3/t15-/m0/s1. The van der Waals surface area contributed by atoms with Gasteiger partial charge in [0.15, 0.2) is 0 Å². The topological polar surface area (TPSA) is 32.3 Å². The summed E-state index contributed by atoms with van der Waals surface area (Å²) in [7, 11) is 0. The van der Waals surface area contributed by atoms with Crippen LogP contribution in [0.5, 0.6) is 0 Å². The van der Waals surface area contributed by atoms with Crippen LogP contribution >= 0.6 is 0 Å². The maximum absolute atomic E-state index is 9.42. The van der Waals surface area contributed by atoms with Crippen LogP contribution in [0.4, 0.5) is 0 Å². The van der Waals surface area contributed by atoms with Crippen molar-refractivity contribution in [3.8, 4) is 0 Å². The van der Waals surface area contributed by atoms with Crippen molar-refractivity contribution in [1.29, 1.82) is 0 Å². The fourth-order valence-corrected chi connectivity index (χ4v) is 2.11. The van der Waals surface area contributed by atoms with Crippen molar-refractivity contribution >= 4 is 0 Å². The van der Waals surface area contributed by atoms with E-state index in [9.17, 15) is 5.11 Å². The van der Waals surface area contributed by atoms with Crippen molar-refractivity contribution in [2.24, 2.45) is 16.7 Å². The lowest BCUT2D eigenvalue weighted by Gasteiger charge is -2.22. The Bertz CT molecular complexity index is 212. The van der Waals surface area contributed by atoms with E-state index in [1.54, 1.807) is 0 Å². The molecule has 116 valence electrons. The van der Waals surface area contributed by atoms with Crippen molar-refractivity contribution in [2.45, 2.75) is 73.6 Å². The van der Waals surface area contributed by atoms with Gasteiger partial charge in [0, 0.05) is 6.61 Å². The summed E-state index contributed by atoms with van der Waals surface area (Å²) < 4.78 is 0. The molecule has 0 amide bonds. The van der Waals surface area contributed by atoms with E-state index in [2.05, 4.69) is 46.9 Å². The number of aliphatic hydroxyl groups is 1. The molecule has 0 aliphatic heterocycles. The van der Waals surface area contributed by atoms with E-state index in [-0.39, 0.29) is 0 Å². The molecule has 0 aromatic heterocycles. The third kappa shape index (κ3) is 14.1. The van der Waals surface area contributed by atoms with Gasteiger partial charge in [0.2, 0.25) is 0 Å². The number of unbranched alkanes of at least 4 members (excludes halogenated alkanes) is 1. The molecule has 0 bridgehead atoms. The number of nitrogens with one attached hydrogen (secondary N) is 1. The molecule has 2 N–H and O–H groups in total. The third-order valence-corrected chi connectivity index (χ3v) is 3.43. The maximum Gasteiger partial charge on any atom is 0.0459 e. The Morgan fingerprint density at radius 1 is 0.895 bits per heavy atom. The zero-order chi connectivity index (χ0) is 14.9. The van der Waals surface area contributed by atoms with E-state index in [1.165, 1.54) is 25.7 Å². The zero-order valence-corrected chi connectivity index (χ0v) is 14.2. The number of aliphatic hydroxyl groups excluding tert-OH is 1. The Labute approximate surface area is 121 Å².